The normalized spacial score (nSPS) is 14.8. The van der Waals surface area contributed by atoms with Gasteiger partial charge in [-0.25, -0.2) is 4.39 Å². The number of hydrogen-bond acceptors (Lipinski definition) is 4. The van der Waals surface area contributed by atoms with Crippen LogP contribution in [-0.2, 0) is 13.6 Å². The van der Waals surface area contributed by atoms with Crippen molar-refractivity contribution in [3.05, 3.63) is 34.9 Å². The zero-order valence-electron chi connectivity index (χ0n) is 10.9. The summed E-state index contributed by atoms with van der Waals surface area (Å²) >= 11 is 11.2. The molecule has 20 heavy (non-hydrogen) atoms. The maximum atomic E-state index is 14.6. The molecule has 1 rings (SSSR count). The molecular weight excluding hydrogens is 329 g/mol. The SMILES string of the molecule is CCOP(=O)(OCC)[C@](F)(Cl)C(=O)c1ccc(Cl)cc1. The molecule has 4 nitrogen and oxygen atoms in total. The number of Topliss-reactive ketones (excluding diaryl/α,β-unsaturated/α-hetero) is 1. The first kappa shape index (κ1) is 17.6. The molecule has 8 heteroatoms. The molecule has 0 saturated heterocycles. The van der Waals surface area contributed by atoms with Crippen LogP contribution in [-0.4, -0.2) is 23.9 Å². The number of halogens is 3. The standard InChI is InChI=1S/C12H14Cl2FO4P/c1-3-18-20(17,19-4-2)12(14,15)11(16)9-5-7-10(13)8-6-9/h5-8H,3-4H2,1-2H3/t12-/m0/s1. The molecule has 0 spiro atoms. The molecule has 0 aromatic heterocycles. The molecular formula is C12H14Cl2FO4P. The lowest BCUT2D eigenvalue weighted by molar-refractivity contribution is 0.0854. The summed E-state index contributed by atoms with van der Waals surface area (Å²) in [5, 5.41) is 0.373. The molecule has 0 aliphatic rings. The summed E-state index contributed by atoms with van der Waals surface area (Å²) in [5.41, 5.74) is -0.0773. The molecule has 0 unspecified atom stereocenters. The van der Waals surface area contributed by atoms with E-state index in [0.717, 1.165) is 0 Å². The first-order valence-corrected chi connectivity index (χ1v) is 8.15. The van der Waals surface area contributed by atoms with Crippen molar-refractivity contribution in [1.29, 1.82) is 0 Å². The number of carbonyl (C=O) groups is 1. The van der Waals surface area contributed by atoms with Gasteiger partial charge in [0.25, 0.3) is 0 Å². The minimum atomic E-state index is -4.44. The lowest BCUT2D eigenvalue weighted by atomic mass is 10.1. The van der Waals surface area contributed by atoms with Crippen LogP contribution in [0.4, 0.5) is 4.39 Å². The summed E-state index contributed by atoms with van der Waals surface area (Å²) in [6.45, 7) is 2.77. The minimum absolute atomic E-state index is 0.0773. The third-order valence-electron chi connectivity index (χ3n) is 2.32. The van der Waals surface area contributed by atoms with Gasteiger partial charge >= 0.3 is 12.5 Å². The van der Waals surface area contributed by atoms with Crippen LogP contribution in [0.15, 0.2) is 24.3 Å². The van der Waals surface area contributed by atoms with Crippen LogP contribution in [0.1, 0.15) is 24.2 Å². The predicted molar refractivity (Wildman–Crippen MR) is 76.3 cm³/mol. The van der Waals surface area contributed by atoms with Crippen LogP contribution in [0.5, 0.6) is 0 Å². The maximum Gasteiger partial charge on any atom is 0.391 e. The molecule has 1 aromatic rings. The Labute approximate surface area is 126 Å². The van der Waals surface area contributed by atoms with E-state index >= 15 is 0 Å². The van der Waals surface area contributed by atoms with Crippen LogP contribution < -0.4 is 0 Å². The average molecular weight is 343 g/mol. The number of alkyl halides is 2. The Morgan fingerprint density at radius 1 is 1.25 bits per heavy atom. The van der Waals surface area contributed by atoms with E-state index in [1.165, 1.54) is 38.1 Å². The lowest BCUT2D eigenvalue weighted by Crippen LogP contribution is -2.29. The van der Waals surface area contributed by atoms with Gasteiger partial charge in [0, 0.05) is 10.6 Å². The van der Waals surface area contributed by atoms with Crippen molar-refractivity contribution >= 4 is 36.6 Å². The van der Waals surface area contributed by atoms with Gasteiger partial charge in [-0.05, 0) is 38.1 Å². The van der Waals surface area contributed by atoms with E-state index in [-0.39, 0.29) is 18.8 Å². The van der Waals surface area contributed by atoms with Crippen LogP contribution in [0.2, 0.25) is 5.02 Å². The first-order chi connectivity index (χ1) is 9.28. The fourth-order valence-corrected chi connectivity index (χ4v) is 3.42. The van der Waals surface area contributed by atoms with Gasteiger partial charge in [0.05, 0.1) is 13.2 Å². The van der Waals surface area contributed by atoms with Crippen molar-refractivity contribution < 1.29 is 22.8 Å². The maximum absolute atomic E-state index is 14.6. The number of carbonyl (C=O) groups excluding carboxylic acids is 1. The van der Waals surface area contributed by atoms with E-state index in [0.29, 0.717) is 5.02 Å². The highest BCUT2D eigenvalue weighted by atomic mass is 35.5. The monoisotopic (exact) mass is 342 g/mol. The molecule has 0 saturated carbocycles. The Balaban J connectivity index is 3.15. The molecule has 112 valence electrons. The Bertz CT molecular complexity index is 509. The van der Waals surface area contributed by atoms with Gasteiger partial charge in [-0.2, -0.15) is 0 Å². The zero-order chi connectivity index (χ0) is 15.4. The van der Waals surface area contributed by atoms with Gasteiger partial charge < -0.3 is 9.05 Å². The summed E-state index contributed by atoms with van der Waals surface area (Å²) in [7, 11) is -4.44. The quantitative estimate of drug-likeness (QED) is 0.411. The van der Waals surface area contributed by atoms with Crippen molar-refractivity contribution in [2.24, 2.45) is 0 Å². The van der Waals surface area contributed by atoms with E-state index < -0.39 is 18.2 Å². The number of ketones is 1. The molecule has 1 atom stereocenters. The molecule has 0 bridgehead atoms. The van der Waals surface area contributed by atoms with Gasteiger partial charge in [0.1, 0.15) is 0 Å². The Morgan fingerprint density at radius 2 is 1.70 bits per heavy atom. The Hall–Kier alpha value is -0.450. The second-order valence-electron chi connectivity index (χ2n) is 3.71. The van der Waals surface area contributed by atoms with E-state index in [1.54, 1.807) is 0 Å². The van der Waals surface area contributed by atoms with E-state index in [2.05, 4.69) is 0 Å². The summed E-state index contributed by atoms with van der Waals surface area (Å²) in [4.78, 5) is 8.81. The zero-order valence-corrected chi connectivity index (χ0v) is 13.3. The van der Waals surface area contributed by atoms with E-state index in [9.17, 15) is 13.8 Å². The van der Waals surface area contributed by atoms with Gasteiger partial charge in [0.15, 0.2) is 0 Å². The number of rotatable bonds is 7. The van der Waals surface area contributed by atoms with Crippen LogP contribution in [0.25, 0.3) is 0 Å². The van der Waals surface area contributed by atoms with Crippen LogP contribution in [0.3, 0.4) is 0 Å². The highest BCUT2D eigenvalue weighted by Gasteiger charge is 2.57. The summed E-state index contributed by atoms with van der Waals surface area (Å²) < 4.78 is 36.4. The molecule has 0 radical (unpaired) electrons. The van der Waals surface area contributed by atoms with Gasteiger partial charge in [-0.15, -0.1) is 0 Å². The summed E-state index contributed by atoms with van der Waals surface area (Å²) in [6.07, 6.45) is 0. The third kappa shape index (κ3) is 3.60. The van der Waals surface area contributed by atoms with Crippen molar-refractivity contribution in [3.8, 4) is 0 Å². The lowest BCUT2D eigenvalue weighted by Gasteiger charge is -2.25. The van der Waals surface area contributed by atoms with Crippen LogP contribution in [0, 0.1) is 0 Å². The average Bonchev–Trinajstić information content (AvgIpc) is 2.39. The topological polar surface area (TPSA) is 52.6 Å². The molecule has 0 N–H and O–H groups in total. The number of hydrogen-bond donors (Lipinski definition) is 0. The van der Waals surface area contributed by atoms with Crippen molar-refractivity contribution in [3.63, 3.8) is 0 Å². The van der Waals surface area contributed by atoms with Crippen molar-refractivity contribution in [1.82, 2.24) is 0 Å². The molecule has 0 aliphatic carbocycles. The summed E-state index contributed by atoms with van der Waals surface area (Å²) in [6, 6.07) is 5.36. The smallest absolute Gasteiger partial charge is 0.305 e. The number of benzene rings is 1. The fourth-order valence-electron chi connectivity index (χ4n) is 1.44. The summed E-state index contributed by atoms with van der Waals surface area (Å²) in [5.74, 6) is -1.19. The van der Waals surface area contributed by atoms with Gasteiger partial charge in [-0.1, -0.05) is 23.2 Å². The largest absolute Gasteiger partial charge is 0.391 e. The van der Waals surface area contributed by atoms with Crippen molar-refractivity contribution in [2.75, 3.05) is 13.2 Å². The fraction of sp³-hybridized carbons (Fsp3) is 0.417. The molecule has 0 heterocycles. The molecule has 1 aromatic carbocycles. The highest BCUT2D eigenvalue weighted by Crippen LogP contribution is 2.64. The first-order valence-electron chi connectivity index (χ1n) is 5.86. The minimum Gasteiger partial charge on any atom is -0.305 e. The Kier molecular flexibility index (Phi) is 6.17. The van der Waals surface area contributed by atoms with Crippen LogP contribution >= 0.6 is 30.8 Å². The second kappa shape index (κ2) is 7.01. The van der Waals surface area contributed by atoms with Crippen molar-refractivity contribution in [2.45, 2.75) is 18.7 Å². The van der Waals surface area contributed by atoms with E-state index in [4.69, 9.17) is 32.2 Å². The van der Waals surface area contributed by atoms with Gasteiger partial charge in [-0.3, -0.25) is 9.36 Å². The van der Waals surface area contributed by atoms with Gasteiger partial charge in [0.2, 0.25) is 5.78 Å². The molecule has 0 amide bonds. The van der Waals surface area contributed by atoms with E-state index in [1.807, 2.05) is 0 Å². The highest BCUT2D eigenvalue weighted by molar-refractivity contribution is 7.58. The molecule has 0 fully saturated rings. The molecule has 0 aliphatic heterocycles. The second-order valence-corrected chi connectivity index (χ2v) is 7.06. The third-order valence-corrected chi connectivity index (χ3v) is 5.45. The predicted octanol–water partition coefficient (Wildman–Crippen LogP) is 4.65. The Morgan fingerprint density at radius 3 is 2.10 bits per heavy atom.